The lowest BCUT2D eigenvalue weighted by Gasteiger charge is -2.16. The number of benzene rings is 1. The topological polar surface area (TPSA) is 75.2 Å². The van der Waals surface area contributed by atoms with Crippen molar-refractivity contribution < 1.29 is 14.3 Å². The van der Waals surface area contributed by atoms with Gasteiger partial charge in [-0.15, -0.1) is 24.0 Å². The molecule has 1 aromatic rings. The van der Waals surface area contributed by atoms with E-state index in [1.54, 1.807) is 0 Å². The Morgan fingerprint density at radius 2 is 1.81 bits per heavy atom. The van der Waals surface area contributed by atoms with Gasteiger partial charge in [-0.05, 0) is 63.3 Å². The third-order valence-corrected chi connectivity index (χ3v) is 4.53. The number of hydrogen-bond donors (Lipinski definition) is 2. The van der Waals surface area contributed by atoms with Gasteiger partial charge in [0.25, 0.3) is 0 Å². The lowest BCUT2D eigenvalue weighted by atomic mass is 10.2. The molecule has 0 unspecified atom stereocenters. The standard InChI is InChI=1S/C23H38N4O3.HI/c1-18(2)17-29-15-7-12-24-23(25-16-22(28)27-13-5-6-14-27)26-20-8-10-21(11-9-20)30-19(3)4;/h8-11,18-19H,5-7,12-17H2,1-4H3,(H2,24,25,26);1H. The number of aliphatic imine (C=N–C) groups is 1. The Bertz CT molecular complexity index is 659. The summed E-state index contributed by atoms with van der Waals surface area (Å²) in [6.45, 7) is 12.3. The first-order valence-electron chi connectivity index (χ1n) is 11.1. The maximum absolute atomic E-state index is 12.4. The average Bonchev–Trinajstić information content (AvgIpc) is 3.24. The second-order valence-corrected chi connectivity index (χ2v) is 8.32. The number of nitrogens with zero attached hydrogens (tertiary/aromatic N) is 2. The first kappa shape index (κ1) is 27.5. The summed E-state index contributed by atoms with van der Waals surface area (Å²) < 4.78 is 11.3. The van der Waals surface area contributed by atoms with Gasteiger partial charge in [0, 0.05) is 38.5 Å². The van der Waals surface area contributed by atoms with E-state index in [1.165, 1.54) is 0 Å². The molecule has 1 heterocycles. The van der Waals surface area contributed by atoms with Crippen LogP contribution in [0.1, 0.15) is 47.0 Å². The van der Waals surface area contributed by atoms with Gasteiger partial charge in [-0.3, -0.25) is 4.79 Å². The predicted molar refractivity (Wildman–Crippen MR) is 138 cm³/mol. The van der Waals surface area contributed by atoms with E-state index < -0.39 is 0 Å². The highest BCUT2D eigenvalue weighted by Crippen LogP contribution is 2.17. The van der Waals surface area contributed by atoms with Crippen molar-refractivity contribution in [3.05, 3.63) is 24.3 Å². The minimum atomic E-state index is 0. The molecule has 1 amide bonds. The van der Waals surface area contributed by atoms with E-state index in [-0.39, 0.29) is 42.5 Å². The number of carbonyl (C=O) groups is 1. The first-order valence-corrected chi connectivity index (χ1v) is 11.1. The summed E-state index contributed by atoms with van der Waals surface area (Å²) in [5.74, 6) is 2.04. The number of nitrogens with one attached hydrogen (secondary N) is 2. The van der Waals surface area contributed by atoms with Gasteiger partial charge < -0.3 is 25.0 Å². The Labute approximate surface area is 204 Å². The molecule has 0 radical (unpaired) electrons. The highest BCUT2D eigenvalue weighted by molar-refractivity contribution is 14.0. The smallest absolute Gasteiger partial charge is 0.244 e. The molecule has 0 aromatic heterocycles. The Kier molecular flexibility index (Phi) is 13.6. The van der Waals surface area contributed by atoms with E-state index in [4.69, 9.17) is 9.47 Å². The summed E-state index contributed by atoms with van der Waals surface area (Å²) in [6.07, 6.45) is 3.17. The molecule has 0 aliphatic carbocycles. The number of guanidine groups is 1. The van der Waals surface area contributed by atoms with Gasteiger partial charge in [0.2, 0.25) is 5.91 Å². The second kappa shape index (κ2) is 15.3. The first-order chi connectivity index (χ1) is 14.4. The molecular weight excluding hydrogens is 507 g/mol. The molecule has 1 aromatic carbocycles. The summed E-state index contributed by atoms with van der Waals surface area (Å²) in [6, 6.07) is 7.75. The average molecular weight is 546 g/mol. The van der Waals surface area contributed by atoms with Crippen LogP contribution in [-0.2, 0) is 9.53 Å². The minimum absolute atomic E-state index is 0. The zero-order valence-corrected chi connectivity index (χ0v) is 21.7. The summed E-state index contributed by atoms with van der Waals surface area (Å²) in [4.78, 5) is 18.8. The summed E-state index contributed by atoms with van der Waals surface area (Å²) in [7, 11) is 0. The highest BCUT2D eigenvalue weighted by Gasteiger charge is 2.17. The molecule has 0 saturated carbocycles. The Hall–Kier alpha value is -1.55. The van der Waals surface area contributed by atoms with Gasteiger partial charge in [0.15, 0.2) is 5.96 Å². The van der Waals surface area contributed by atoms with E-state index in [9.17, 15) is 4.79 Å². The van der Waals surface area contributed by atoms with Crippen LogP contribution in [0.25, 0.3) is 0 Å². The molecule has 31 heavy (non-hydrogen) atoms. The molecule has 2 rings (SSSR count). The van der Waals surface area contributed by atoms with Gasteiger partial charge >= 0.3 is 0 Å². The summed E-state index contributed by atoms with van der Waals surface area (Å²) >= 11 is 0. The SMILES string of the molecule is CC(C)COCCCNC(=NCC(=O)N1CCCC1)Nc1ccc(OC(C)C)cc1.I. The van der Waals surface area contributed by atoms with Crippen LogP contribution in [0.3, 0.4) is 0 Å². The van der Waals surface area contributed by atoms with Crippen LogP contribution in [-0.4, -0.2) is 62.3 Å². The van der Waals surface area contributed by atoms with Crippen molar-refractivity contribution in [2.75, 3.05) is 44.7 Å². The quantitative estimate of drug-likeness (QED) is 0.189. The molecule has 1 aliphatic rings. The fourth-order valence-electron chi connectivity index (χ4n) is 3.08. The molecule has 0 bridgehead atoms. The maximum atomic E-state index is 12.4. The van der Waals surface area contributed by atoms with Gasteiger partial charge in [-0.1, -0.05) is 13.8 Å². The molecule has 7 nitrogen and oxygen atoms in total. The molecule has 2 N–H and O–H groups in total. The van der Waals surface area contributed by atoms with Crippen LogP contribution in [0.4, 0.5) is 5.69 Å². The number of halogens is 1. The van der Waals surface area contributed by atoms with E-state index >= 15 is 0 Å². The van der Waals surface area contributed by atoms with Gasteiger partial charge in [-0.25, -0.2) is 4.99 Å². The zero-order valence-electron chi connectivity index (χ0n) is 19.4. The number of anilines is 1. The van der Waals surface area contributed by atoms with E-state index in [0.717, 1.165) is 56.9 Å². The van der Waals surface area contributed by atoms with Crippen molar-refractivity contribution in [3.8, 4) is 5.75 Å². The molecule has 8 heteroatoms. The Morgan fingerprint density at radius 3 is 2.42 bits per heavy atom. The normalized spacial score (nSPS) is 14.0. The fourth-order valence-corrected chi connectivity index (χ4v) is 3.08. The zero-order chi connectivity index (χ0) is 21.8. The number of likely N-dealkylation sites (tertiary alicyclic amines) is 1. The van der Waals surface area contributed by atoms with Gasteiger partial charge in [-0.2, -0.15) is 0 Å². The molecule has 1 aliphatic heterocycles. The summed E-state index contributed by atoms with van der Waals surface area (Å²) in [5, 5.41) is 6.59. The van der Waals surface area contributed by atoms with E-state index in [2.05, 4.69) is 29.5 Å². The summed E-state index contributed by atoms with van der Waals surface area (Å²) in [5.41, 5.74) is 0.891. The lowest BCUT2D eigenvalue weighted by Crippen LogP contribution is -2.35. The van der Waals surface area contributed by atoms with Crippen molar-refractivity contribution in [2.45, 2.75) is 53.1 Å². The van der Waals surface area contributed by atoms with Crippen molar-refractivity contribution >= 4 is 41.5 Å². The molecule has 1 saturated heterocycles. The monoisotopic (exact) mass is 546 g/mol. The number of rotatable bonds is 11. The van der Waals surface area contributed by atoms with Crippen molar-refractivity contribution in [3.63, 3.8) is 0 Å². The molecular formula is C23H39IN4O3. The Balaban J connectivity index is 0.00000480. The number of hydrogen-bond acceptors (Lipinski definition) is 4. The third-order valence-electron chi connectivity index (χ3n) is 4.53. The minimum Gasteiger partial charge on any atom is -0.491 e. The number of ether oxygens (including phenoxy) is 2. The van der Waals surface area contributed by atoms with Crippen LogP contribution < -0.4 is 15.4 Å². The van der Waals surface area contributed by atoms with Crippen molar-refractivity contribution in [2.24, 2.45) is 10.9 Å². The molecule has 0 spiro atoms. The van der Waals surface area contributed by atoms with Crippen molar-refractivity contribution in [1.82, 2.24) is 10.2 Å². The van der Waals surface area contributed by atoms with Crippen LogP contribution in [0, 0.1) is 5.92 Å². The molecule has 176 valence electrons. The lowest BCUT2D eigenvalue weighted by molar-refractivity contribution is -0.128. The van der Waals surface area contributed by atoms with Crippen molar-refractivity contribution in [1.29, 1.82) is 0 Å². The third kappa shape index (κ3) is 11.6. The van der Waals surface area contributed by atoms with Gasteiger partial charge in [0.1, 0.15) is 12.3 Å². The van der Waals surface area contributed by atoms with Gasteiger partial charge in [0.05, 0.1) is 6.10 Å². The number of amides is 1. The van der Waals surface area contributed by atoms with E-state index in [0.29, 0.717) is 18.5 Å². The Morgan fingerprint density at radius 1 is 1.13 bits per heavy atom. The fraction of sp³-hybridized carbons (Fsp3) is 0.652. The van der Waals surface area contributed by atoms with Crippen LogP contribution in [0.15, 0.2) is 29.3 Å². The van der Waals surface area contributed by atoms with Crippen LogP contribution in [0.5, 0.6) is 5.75 Å². The molecule has 1 fully saturated rings. The predicted octanol–water partition coefficient (Wildman–Crippen LogP) is 4.13. The van der Waals surface area contributed by atoms with Crippen LogP contribution >= 0.6 is 24.0 Å². The van der Waals surface area contributed by atoms with E-state index in [1.807, 2.05) is 43.0 Å². The second-order valence-electron chi connectivity index (χ2n) is 8.32. The maximum Gasteiger partial charge on any atom is 0.244 e. The largest absolute Gasteiger partial charge is 0.491 e. The highest BCUT2D eigenvalue weighted by atomic mass is 127. The molecule has 0 atom stereocenters. The van der Waals surface area contributed by atoms with Crippen LogP contribution in [0.2, 0.25) is 0 Å². The number of carbonyl (C=O) groups excluding carboxylic acids is 1.